The van der Waals surface area contributed by atoms with Gasteiger partial charge in [0.05, 0.1) is 0 Å². The Morgan fingerprint density at radius 3 is 0.928 bits per heavy atom. The van der Waals surface area contributed by atoms with Crippen molar-refractivity contribution >= 4 is 17.9 Å². The fraction of sp³-hybridized carbons (Fsp3) is 0.698. The lowest BCUT2D eigenvalue weighted by Crippen LogP contribution is -2.30. The highest BCUT2D eigenvalue weighted by atomic mass is 16.6. The van der Waals surface area contributed by atoms with E-state index >= 15 is 0 Å². The molecule has 0 saturated heterocycles. The maximum atomic E-state index is 12.9. The third-order valence-electron chi connectivity index (χ3n) is 12.0. The largest absolute Gasteiger partial charge is 0.462 e. The van der Waals surface area contributed by atoms with Gasteiger partial charge in [-0.15, -0.1) is 0 Å². The topological polar surface area (TPSA) is 78.9 Å². The Bertz CT molecular complexity index is 1380. The number of allylic oxidation sites excluding steroid dienone is 16. The molecule has 0 N–H and O–H groups in total. The van der Waals surface area contributed by atoms with Gasteiger partial charge in [-0.2, -0.15) is 0 Å². The molecule has 69 heavy (non-hydrogen) atoms. The van der Waals surface area contributed by atoms with Crippen LogP contribution in [0.4, 0.5) is 0 Å². The molecule has 0 amide bonds. The molecule has 0 spiro atoms. The third kappa shape index (κ3) is 55.1. The van der Waals surface area contributed by atoms with Crippen LogP contribution in [0, 0.1) is 0 Å². The van der Waals surface area contributed by atoms with Gasteiger partial charge in [-0.05, 0) is 116 Å². The zero-order valence-electron chi connectivity index (χ0n) is 45.0. The van der Waals surface area contributed by atoms with Crippen LogP contribution in [0.5, 0.6) is 0 Å². The fourth-order valence-electron chi connectivity index (χ4n) is 7.71. The summed E-state index contributed by atoms with van der Waals surface area (Å²) >= 11 is 0. The SMILES string of the molecule is CC/C=C\C/C=C\C/C=C\C/C=C\CCCCCCCCCCC(=O)OCC(COC(=O)CCCCCCC/C=C\C/C=C\CCCC)OC(=O)CCCCCCC/C=C\C/C=C\CCCCCC. The van der Waals surface area contributed by atoms with E-state index in [1.807, 2.05) is 0 Å². The molecular formula is C63H106O6. The van der Waals surface area contributed by atoms with Crippen molar-refractivity contribution in [1.29, 1.82) is 0 Å². The molecule has 1 unspecified atom stereocenters. The van der Waals surface area contributed by atoms with E-state index in [9.17, 15) is 14.4 Å². The van der Waals surface area contributed by atoms with Gasteiger partial charge in [-0.3, -0.25) is 14.4 Å². The van der Waals surface area contributed by atoms with Crippen molar-refractivity contribution in [3.63, 3.8) is 0 Å². The molecule has 0 aromatic rings. The molecule has 0 bridgehead atoms. The van der Waals surface area contributed by atoms with Gasteiger partial charge >= 0.3 is 17.9 Å². The molecule has 0 radical (unpaired) electrons. The average Bonchev–Trinajstić information content (AvgIpc) is 3.35. The normalized spacial score (nSPS) is 12.8. The molecule has 0 fully saturated rings. The van der Waals surface area contributed by atoms with E-state index in [1.54, 1.807) is 0 Å². The lowest BCUT2D eigenvalue weighted by atomic mass is 10.1. The average molecular weight is 960 g/mol. The predicted octanol–water partition coefficient (Wildman–Crippen LogP) is 19.3. The second-order valence-electron chi connectivity index (χ2n) is 18.8. The summed E-state index contributed by atoms with van der Waals surface area (Å²) in [6.07, 6.45) is 75.3. The summed E-state index contributed by atoms with van der Waals surface area (Å²) in [5.41, 5.74) is 0. The van der Waals surface area contributed by atoms with Crippen LogP contribution in [0.15, 0.2) is 97.2 Å². The van der Waals surface area contributed by atoms with Crippen molar-refractivity contribution in [1.82, 2.24) is 0 Å². The Morgan fingerprint density at radius 1 is 0.304 bits per heavy atom. The quantitative estimate of drug-likeness (QED) is 0.0262. The summed E-state index contributed by atoms with van der Waals surface area (Å²) < 4.78 is 16.8. The molecule has 0 aliphatic carbocycles. The monoisotopic (exact) mass is 959 g/mol. The van der Waals surface area contributed by atoms with Gasteiger partial charge in [-0.25, -0.2) is 0 Å². The second-order valence-corrected chi connectivity index (χ2v) is 18.8. The number of rotatable bonds is 51. The van der Waals surface area contributed by atoms with Crippen molar-refractivity contribution in [2.75, 3.05) is 13.2 Å². The van der Waals surface area contributed by atoms with E-state index in [0.29, 0.717) is 19.3 Å². The van der Waals surface area contributed by atoms with Crippen LogP contribution in [0.25, 0.3) is 0 Å². The van der Waals surface area contributed by atoms with E-state index < -0.39 is 6.10 Å². The molecule has 0 heterocycles. The molecule has 0 aliphatic heterocycles. The molecule has 0 aromatic carbocycles. The molecule has 0 aromatic heterocycles. The van der Waals surface area contributed by atoms with E-state index in [-0.39, 0.29) is 31.1 Å². The van der Waals surface area contributed by atoms with E-state index in [0.717, 1.165) is 141 Å². The zero-order valence-corrected chi connectivity index (χ0v) is 45.0. The summed E-state index contributed by atoms with van der Waals surface area (Å²) in [7, 11) is 0. The van der Waals surface area contributed by atoms with Gasteiger partial charge in [0.2, 0.25) is 0 Å². The second kappa shape index (κ2) is 56.9. The number of hydrogen-bond donors (Lipinski definition) is 0. The Labute approximate surface area is 426 Å². The molecular weight excluding hydrogens is 853 g/mol. The van der Waals surface area contributed by atoms with E-state index in [2.05, 4.69) is 118 Å². The summed E-state index contributed by atoms with van der Waals surface area (Å²) in [5.74, 6) is -0.925. The first-order chi connectivity index (χ1) is 34.0. The highest BCUT2D eigenvalue weighted by molar-refractivity contribution is 5.71. The van der Waals surface area contributed by atoms with Gasteiger partial charge in [0.25, 0.3) is 0 Å². The predicted molar refractivity (Wildman–Crippen MR) is 297 cm³/mol. The smallest absolute Gasteiger partial charge is 0.306 e. The lowest BCUT2D eigenvalue weighted by Gasteiger charge is -2.18. The molecule has 0 aliphatic rings. The maximum absolute atomic E-state index is 12.9. The van der Waals surface area contributed by atoms with Crippen LogP contribution >= 0.6 is 0 Å². The van der Waals surface area contributed by atoms with Crippen LogP contribution in [-0.2, 0) is 28.6 Å². The summed E-state index contributed by atoms with van der Waals surface area (Å²) in [4.78, 5) is 38.2. The van der Waals surface area contributed by atoms with Crippen LogP contribution in [0.1, 0.15) is 265 Å². The van der Waals surface area contributed by atoms with E-state index in [4.69, 9.17) is 14.2 Å². The standard InChI is InChI=1S/C63H106O6/c1-4-7-10-13-16-19-22-25-28-30-31-32-33-34-36-38-41-44-47-50-53-56-62(65)68-59-60(58-67-61(64)55-52-49-46-43-40-37-27-24-21-18-15-12-9-6-3)69-63(66)57-54-51-48-45-42-39-35-29-26-23-20-17-14-11-8-5-2/h7,10,15-16,18-20,23-25,27-29,31-32,35,60H,4-6,8-9,11-14,17,21-22,26,30,33-34,36-59H2,1-3H3/b10-7-,18-15-,19-16-,23-20-,27-24-,28-25-,32-31-,35-29-. The highest BCUT2D eigenvalue weighted by Gasteiger charge is 2.19. The number of carbonyl (C=O) groups is 3. The van der Waals surface area contributed by atoms with Gasteiger partial charge in [0, 0.05) is 19.3 Å². The van der Waals surface area contributed by atoms with Gasteiger partial charge in [0.15, 0.2) is 6.10 Å². The molecule has 0 rings (SSSR count). The summed E-state index contributed by atoms with van der Waals surface area (Å²) in [6, 6.07) is 0. The van der Waals surface area contributed by atoms with Crippen molar-refractivity contribution in [2.24, 2.45) is 0 Å². The summed E-state index contributed by atoms with van der Waals surface area (Å²) in [6.45, 7) is 6.44. The molecule has 6 heteroatoms. The minimum absolute atomic E-state index is 0.0926. The van der Waals surface area contributed by atoms with Crippen LogP contribution < -0.4 is 0 Å². The number of ether oxygens (including phenoxy) is 3. The first-order valence-electron chi connectivity index (χ1n) is 28.7. The molecule has 0 saturated carbocycles. The molecule has 6 nitrogen and oxygen atoms in total. The minimum atomic E-state index is -0.795. The molecule has 394 valence electrons. The first kappa shape index (κ1) is 65.3. The van der Waals surface area contributed by atoms with Crippen LogP contribution in [0.2, 0.25) is 0 Å². The van der Waals surface area contributed by atoms with Crippen molar-refractivity contribution in [3.8, 4) is 0 Å². The number of carbonyl (C=O) groups excluding carboxylic acids is 3. The zero-order chi connectivity index (χ0) is 50.0. The van der Waals surface area contributed by atoms with Gasteiger partial charge < -0.3 is 14.2 Å². The first-order valence-corrected chi connectivity index (χ1v) is 28.7. The number of esters is 3. The molecule has 1 atom stereocenters. The van der Waals surface area contributed by atoms with Crippen molar-refractivity contribution < 1.29 is 28.6 Å². The van der Waals surface area contributed by atoms with Crippen molar-refractivity contribution in [3.05, 3.63) is 97.2 Å². The Balaban J connectivity index is 4.42. The summed E-state index contributed by atoms with van der Waals surface area (Å²) in [5, 5.41) is 0. The van der Waals surface area contributed by atoms with Gasteiger partial charge in [-0.1, -0.05) is 227 Å². The Kier molecular flexibility index (Phi) is 53.9. The highest BCUT2D eigenvalue weighted by Crippen LogP contribution is 2.14. The number of hydrogen-bond acceptors (Lipinski definition) is 6. The minimum Gasteiger partial charge on any atom is -0.462 e. The van der Waals surface area contributed by atoms with Gasteiger partial charge in [0.1, 0.15) is 13.2 Å². The van der Waals surface area contributed by atoms with Crippen LogP contribution in [-0.4, -0.2) is 37.2 Å². The van der Waals surface area contributed by atoms with Crippen molar-refractivity contribution in [2.45, 2.75) is 271 Å². The lowest BCUT2D eigenvalue weighted by molar-refractivity contribution is -0.167. The Hall–Kier alpha value is -3.67. The van der Waals surface area contributed by atoms with E-state index in [1.165, 1.54) is 83.5 Å². The fourth-order valence-corrected chi connectivity index (χ4v) is 7.71. The number of unbranched alkanes of at least 4 members (excludes halogenated alkanes) is 24. The third-order valence-corrected chi connectivity index (χ3v) is 12.0. The van der Waals surface area contributed by atoms with Crippen LogP contribution in [0.3, 0.4) is 0 Å². The Morgan fingerprint density at radius 2 is 0.580 bits per heavy atom. The maximum Gasteiger partial charge on any atom is 0.306 e.